The van der Waals surface area contributed by atoms with Gasteiger partial charge in [0.1, 0.15) is 5.82 Å². The second-order valence-corrected chi connectivity index (χ2v) is 6.47. The van der Waals surface area contributed by atoms with Crippen LogP contribution >= 0.6 is 0 Å². The zero-order chi connectivity index (χ0) is 15.4. The number of amides is 1. The number of carbonyl (C=O) groups excluding carboxylic acids is 1. The van der Waals surface area contributed by atoms with Crippen LogP contribution in [0.15, 0.2) is 18.3 Å². The van der Waals surface area contributed by atoms with Crippen molar-refractivity contribution in [3.05, 3.63) is 23.9 Å². The molecule has 3 rings (SSSR count). The molecule has 1 aromatic rings. The van der Waals surface area contributed by atoms with Gasteiger partial charge in [-0.15, -0.1) is 0 Å². The predicted octanol–water partition coefficient (Wildman–Crippen LogP) is 1.97. The lowest BCUT2D eigenvalue weighted by Gasteiger charge is -2.31. The van der Waals surface area contributed by atoms with E-state index in [9.17, 15) is 4.79 Å². The first-order chi connectivity index (χ1) is 10.7. The minimum Gasteiger partial charge on any atom is -0.381 e. The number of nitrogens with one attached hydrogen (secondary N) is 1. The molecule has 0 saturated carbocycles. The summed E-state index contributed by atoms with van der Waals surface area (Å²) in [7, 11) is 0. The molecule has 2 saturated heterocycles. The Morgan fingerprint density at radius 2 is 2.18 bits per heavy atom. The maximum atomic E-state index is 11.9. The standard InChI is InChI=1S/C17H25N3O2/c1-13-4-7-20(8-5-13)16-3-2-14(10-18-16)11-19-17(21)15-6-9-22-12-15/h2-3,10,13,15H,4-9,11-12H2,1H3,(H,19,21). The number of aromatic nitrogens is 1. The highest BCUT2D eigenvalue weighted by molar-refractivity contribution is 5.78. The number of nitrogens with zero attached hydrogens (tertiary/aromatic N) is 2. The van der Waals surface area contributed by atoms with Crippen molar-refractivity contribution in [3.8, 4) is 0 Å². The minimum absolute atomic E-state index is 0.0163. The first-order valence-corrected chi connectivity index (χ1v) is 8.27. The molecule has 5 nitrogen and oxygen atoms in total. The molecule has 2 aliphatic rings. The fourth-order valence-corrected chi connectivity index (χ4v) is 3.02. The Morgan fingerprint density at radius 3 is 2.82 bits per heavy atom. The SMILES string of the molecule is CC1CCN(c2ccc(CNC(=O)C3CCOC3)cn2)CC1. The van der Waals surface area contributed by atoms with Gasteiger partial charge in [-0.1, -0.05) is 13.0 Å². The first-order valence-electron chi connectivity index (χ1n) is 8.27. The van der Waals surface area contributed by atoms with Crippen LogP contribution in [0.2, 0.25) is 0 Å². The Bertz CT molecular complexity index is 489. The molecule has 0 spiro atoms. The van der Waals surface area contributed by atoms with E-state index in [1.54, 1.807) is 0 Å². The van der Waals surface area contributed by atoms with Crippen LogP contribution in [0, 0.1) is 11.8 Å². The molecule has 3 heterocycles. The van der Waals surface area contributed by atoms with Crippen molar-refractivity contribution < 1.29 is 9.53 Å². The number of pyridine rings is 1. The van der Waals surface area contributed by atoms with E-state index in [4.69, 9.17) is 4.74 Å². The lowest BCUT2D eigenvalue weighted by atomic mass is 9.99. The van der Waals surface area contributed by atoms with Gasteiger partial charge in [-0.05, 0) is 36.8 Å². The Hall–Kier alpha value is -1.62. The third kappa shape index (κ3) is 3.77. The van der Waals surface area contributed by atoms with Crippen molar-refractivity contribution in [1.29, 1.82) is 0 Å². The molecule has 22 heavy (non-hydrogen) atoms. The topological polar surface area (TPSA) is 54.5 Å². The van der Waals surface area contributed by atoms with Gasteiger partial charge in [-0.2, -0.15) is 0 Å². The molecular weight excluding hydrogens is 278 g/mol. The Balaban J connectivity index is 1.50. The molecule has 0 radical (unpaired) electrons. The summed E-state index contributed by atoms with van der Waals surface area (Å²) < 4.78 is 5.24. The van der Waals surface area contributed by atoms with Crippen LogP contribution in [0.4, 0.5) is 5.82 Å². The molecule has 1 amide bonds. The van der Waals surface area contributed by atoms with E-state index < -0.39 is 0 Å². The Morgan fingerprint density at radius 1 is 1.36 bits per heavy atom. The summed E-state index contributed by atoms with van der Waals surface area (Å²) in [5.74, 6) is 1.98. The van der Waals surface area contributed by atoms with Crippen molar-refractivity contribution >= 4 is 11.7 Å². The number of ether oxygens (including phenoxy) is 1. The van der Waals surface area contributed by atoms with Gasteiger partial charge in [0.05, 0.1) is 12.5 Å². The number of piperidine rings is 1. The molecular formula is C17H25N3O2. The van der Waals surface area contributed by atoms with Crippen molar-refractivity contribution in [1.82, 2.24) is 10.3 Å². The molecule has 2 aliphatic heterocycles. The van der Waals surface area contributed by atoms with Gasteiger partial charge in [-0.3, -0.25) is 4.79 Å². The monoisotopic (exact) mass is 303 g/mol. The van der Waals surface area contributed by atoms with Crippen molar-refractivity contribution in [2.24, 2.45) is 11.8 Å². The quantitative estimate of drug-likeness (QED) is 0.924. The molecule has 0 bridgehead atoms. The van der Waals surface area contributed by atoms with Gasteiger partial charge in [0.15, 0.2) is 0 Å². The molecule has 1 unspecified atom stereocenters. The molecule has 120 valence electrons. The van der Waals surface area contributed by atoms with Crippen LogP contribution in [0.3, 0.4) is 0 Å². The largest absolute Gasteiger partial charge is 0.381 e. The number of carbonyl (C=O) groups is 1. The van der Waals surface area contributed by atoms with E-state index in [0.717, 1.165) is 36.8 Å². The molecule has 0 aliphatic carbocycles. The molecule has 0 aromatic carbocycles. The predicted molar refractivity (Wildman–Crippen MR) is 85.6 cm³/mol. The van der Waals surface area contributed by atoms with E-state index in [-0.39, 0.29) is 11.8 Å². The fourth-order valence-electron chi connectivity index (χ4n) is 3.02. The van der Waals surface area contributed by atoms with Crippen molar-refractivity contribution in [2.75, 3.05) is 31.2 Å². The summed E-state index contributed by atoms with van der Waals surface area (Å²) in [6.45, 7) is 6.28. The average molecular weight is 303 g/mol. The summed E-state index contributed by atoms with van der Waals surface area (Å²) in [5, 5.41) is 2.97. The van der Waals surface area contributed by atoms with Gasteiger partial charge in [0.2, 0.25) is 5.91 Å². The van der Waals surface area contributed by atoms with E-state index in [1.165, 1.54) is 12.8 Å². The van der Waals surface area contributed by atoms with Gasteiger partial charge in [0.25, 0.3) is 0 Å². The zero-order valence-corrected chi connectivity index (χ0v) is 13.3. The molecule has 1 atom stereocenters. The van der Waals surface area contributed by atoms with Gasteiger partial charge < -0.3 is 15.0 Å². The van der Waals surface area contributed by atoms with E-state index in [2.05, 4.69) is 34.3 Å². The smallest absolute Gasteiger partial charge is 0.225 e. The van der Waals surface area contributed by atoms with Crippen LogP contribution in [-0.2, 0) is 16.1 Å². The summed E-state index contributed by atoms with van der Waals surface area (Å²) in [5.41, 5.74) is 1.04. The highest BCUT2D eigenvalue weighted by Crippen LogP contribution is 2.21. The van der Waals surface area contributed by atoms with Crippen LogP contribution in [0.1, 0.15) is 31.7 Å². The van der Waals surface area contributed by atoms with Crippen LogP contribution in [-0.4, -0.2) is 37.2 Å². The maximum Gasteiger partial charge on any atom is 0.225 e. The summed E-state index contributed by atoms with van der Waals surface area (Å²) in [6, 6.07) is 4.13. The summed E-state index contributed by atoms with van der Waals surface area (Å²) in [4.78, 5) is 18.8. The summed E-state index contributed by atoms with van der Waals surface area (Å²) in [6.07, 6.45) is 5.18. The Kier molecular flexibility index (Phi) is 4.93. The molecule has 2 fully saturated rings. The molecule has 1 aromatic heterocycles. The summed E-state index contributed by atoms with van der Waals surface area (Å²) >= 11 is 0. The average Bonchev–Trinajstić information content (AvgIpc) is 3.08. The number of hydrogen-bond donors (Lipinski definition) is 1. The van der Waals surface area contributed by atoms with Crippen molar-refractivity contribution in [2.45, 2.75) is 32.7 Å². The highest BCUT2D eigenvalue weighted by Gasteiger charge is 2.23. The van der Waals surface area contributed by atoms with Gasteiger partial charge in [-0.25, -0.2) is 4.98 Å². The highest BCUT2D eigenvalue weighted by atomic mass is 16.5. The second kappa shape index (κ2) is 7.09. The third-order valence-corrected chi connectivity index (χ3v) is 4.68. The lowest BCUT2D eigenvalue weighted by Crippen LogP contribution is -2.33. The Labute approximate surface area is 132 Å². The zero-order valence-electron chi connectivity index (χ0n) is 13.3. The van der Waals surface area contributed by atoms with Crippen LogP contribution in [0.5, 0.6) is 0 Å². The van der Waals surface area contributed by atoms with Crippen LogP contribution < -0.4 is 10.2 Å². The van der Waals surface area contributed by atoms with Crippen LogP contribution in [0.25, 0.3) is 0 Å². The molecule has 1 N–H and O–H groups in total. The number of anilines is 1. The van der Waals surface area contributed by atoms with Crippen molar-refractivity contribution in [3.63, 3.8) is 0 Å². The molecule has 5 heteroatoms. The second-order valence-electron chi connectivity index (χ2n) is 6.47. The van der Waals surface area contributed by atoms with E-state index in [0.29, 0.717) is 19.8 Å². The third-order valence-electron chi connectivity index (χ3n) is 4.68. The number of rotatable bonds is 4. The normalized spacial score (nSPS) is 22.8. The lowest BCUT2D eigenvalue weighted by molar-refractivity contribution is -0.125. The number of hydrogen-bond acceptors (Lipinski definition) is 4. The van der Waals surface area contributed by atoms with E-state index in [1.807, 2.05) is 6.20 Å². The minimum atomic E-state index is 0.0163. The first kappa shape index (κ1) is 15.3. The maximum absolute atomic E-state index is 11.9. The van der Waals surface area contributed by atoms with E-state index >= 15 is 0 Å². The fraction of sp³-hybridized carbons (Fsp3) is 0.647. The van der Waals surface area contributed by atoms with Gasteiger partial charge in [0, 0.05) is 32.4 Å². The van der Waals surface area contributed by atoms with Gasteiger partial charge >= 0.3 is 0 Å².